The predicted molar refractivity (Wildman–Crippen MR) is 100 cm³/mol. The predicted octanol–water partition coefficient (Wildman–Crippen LogP) is 4.46. The van der Waals surface area contributed by atoms with Crippen LogP contribution in [0, 0.1) is 0 Å². The van der Waals surface area contributed by atoms with Crippen molar-refractivity contribution in [1.82, 2.24) is 4.90 Å². The lowest BCUT2D eigenvalue weighted by molar-refractivity contribution is -0.112. The van der Waals surface area contributed by atoms with Gasteiger partial charge >= 0.3 is 0 Å². The molecular weight excluding hydrogens is 336 g/mol. The monoisotopic (exact) mass is 354 g/mol. The van der Waals surface area contributed by atoms with Crippen LogP contribution in [0.15, 0.2) is 48.2 Å². The Hall–Kier alpha value is -2.46. The van der Waals surface area contributed by atoms with Gasteiger partial charge in [0.05, 0.1) is 29.1 Å². The zero-order valence-electron chi connectivity index (χ0n) is 14.3. The number of rotatable bonds is 2. The van der Waals surface area contributed by atoms with Crippen LogP contribution in [-0.4, -0.2) is 31.5 Å². The molecule has 1 saturated heterocycles. The molecule has 2 aliphatic heterocycles. The van der Waals surface area contributed by atoms with Gasteiger partial charge in [-0.2, -0.15) is 0 Å². The summed E-state index contributed by atoms with van der Waals surface area (Å²) in [5, 5.41) is 0.490. The molecular formula is C20H19ClN2O2. The number of amides is 1. The molecule has 1 amide bonds. The number of allylic oxidation sites excluding steroid dienone is 1. The van der Waals surface area contributed by atoms with Gasteiger partial charge < -0.3 is 9.64 Å². The Morgan fingerprint density at radius 2 is 1.96 bits per heavy atom. The molecule has 0 atom stereocenters. The zero-order chi connectivity index (χ0) is 17.6. The number of para-hydroxylation sites is 1. The number of hydrogen-bond acceptors (Lipinski definition) is 3. The largest absolute Gasteiger partial charge is 0.495 e. The number of carbonyl (C=O) groups is 1. The minimum Gasteiger partial charge on any atom is -0.495 e. The number of carbonyl (C=O) groups excluding carboxylic acids is 1. The van der Waals surface area contributed by atoms with Crippen LogP contribution in [0.25, 0.3) is 5.57 Å². The van der Waals surface area contributed by atoms with Crippen molar-refractivity contribution in [1.29, 1.82) is 0 Å². The fourth-order valence-electron chi connectivity index (χ4n) is 3.67. The van der Waals surface area contributed by atoms with Gasteiger partial charge in [-0.15, -0.1) is 0 Å². The number of hydrogen-bond donors (Lipinski definition) is 0. The van der Waals surface area contributed by atoms with Gasteiger partial charge in [0.2, 0.25) is 0 Å². The molecule has 2 aromatic rings. The van der Waals surface area contributed by atoms with Crippen LogP contribution in [0.3, 0.4) is 0 Å². The van der Waals surface area contributed by atoms with Gasteiger partial charge in [0, 0.05) is 24.9 Å². The van der Waals surface area contributed by atoms with Crippen molar-refractivity contribution in [2.45, 2.75) is 12.8 Å². The highest BCUT2D eigenvalue weighted by Gasteiger charge is 2.37. The van der Waals surface area contributed by atoms with E-state index < -0.39 is 0 Å². The van der Waals surface area contributed by atoms with E-state index in [1.807, 2.05) is 30.3 Å². The smallest absolute Gasteiger partial charge is 0.265 e. The van der Waals surface area contributed by atoms with Crippen molar-refractivity contribution >= 4 is 34.5 Å². The second-order valence-electron chi connectivity index (χ2n) is 6.32. The second kappa shape index (κ2) is 6.12. The fraction of sp³-hybridized carbons (Fsp3) is 0.250. The number of fused-ring (bicyclic) bond motifs is 1. The van der Waals surface area contributed by atoms with E-state index in [0.29, 0.717) is 10.8 Å². The highest BCUT2D eigenvalue weighted by atomic mass is 35.5. The van der Waals surface area contributed by atoms with Gasteiger partial charge in [-0.3, -0.25) is 9.69 Å². The lowest BCUT2D eigenvalue weighted by Gasteiger charge is -2.19. The quantitative estimate of drug-likeness (QED) is 0.746. The minimum atomic E-state index is 0.00573. The molecule has 0 unspecified atom stereocenters. The molecule has 0 aliphatic carbocycles. The molecule has 4 rings (SSSR count). The lowest BCUT2D eigenvalue weighted by Crippen LogP contribution is -2.22. The molecule has 0 bridgehead atoms. The Morgan fingerprint density at radius 1 is 1.16 bits per heavy atom. The summed E-state index contributed by atoms with van der Waals surface area (Å²) in [6.45, 7) is 0.989. The van der Waals surface area contributed by atoms with Crippen LogP contribution in [-0.2, 0) is 4.79 Å². The summed E-state index contributed by atoms with van der Waals surface area (Å²) in [7, 11) is 3.63. The van der Waals surface area contributed by atoms with Gasteiger partial charge in [-0.05, 0) is 37.1 Å². The SMILES string of the molecule is COc1ccc(N2C(=O)/C(=C3/CCCN3C)c3ccccc32)cc1Cl. The van der Waals surface area contributed by atoms with Gasteiger partial charge in [-0.25, -0.2) is 0 Å². The molecule has 0 N–H and O–H groups in total. The molecule has 2 aromatic carbocycles. The van der Waals surface area contributed by atoms with Crippen molar-refractivity contribution in [3.05, 3.63) is 58.7 Å². The maximum atomic E-state index is 13.3. The summed E-state index contributed by atoms with van der Waals surface area (Å²) in [4.78, 5) is 17.3. The molecule has 5 heteroatoms. The van der Waals surface area contributed by atoms with E-state index in [9.17, 15) is 4.79 Å². The zero-order valence-corrected chi connectivity index (χ0v) is 15.0. The molecule has 25 heavy (non-hydrogen) atoms. The van der Waals surface area contributed by atoms with E-state index >= 15 is 0 Å². The number of methoxy groups -OCH3 is 1. The summed E-state index contributed by atoms with van der Waals surface area (Å²) in [6.07, 6.45) is 2.02. The molecule has 1 fully saturated rings. The summed E-state index contributed by atoms with van der Waals surface area (Å²) < 4.78 is 5.22. The van der Waals surface area contributed by atoms with Crippen LogP contribution >= 0.6 is 11.6 Å². The third kappa shape index (κ3) is 2.48. The average Bonchev–Trinajstić information content (AvgIpc) is 3.14. The summed E-state index contributed by atoms with van der Waals surface area (Å²) in [5.74, 6) is 0.602. The van der Waals surface area contributed by atoms with Crippen molar-refractivity contribution < 1.29 is 9.53 Å². The van der Waals surface area contributed by atoms with Crippen LogP contribution in [0.1, 0.15) is 18.4 Å². The number of benzene rings is 2. The van der Waals surface area contributed by atoms with E-state index in [1.54, 1.807) is 24.1 Å². The topological polar surface area (TPSA) is 32.8 Å². The molecule has 0 spiro atoms. The maximum Gasteiger partial charge on any atom is 0.265 e. The van der Waals surface area contributed by atoms with Crippen LogP contribution in [0.4, 0.5) is 11.4 Å². The Bertz CT molecular complexity index is 891. The van der Waals surface area contributed by atoms with Crippen LogP contribution in [0.2, 0.25) is 5.02 Å². The number of halogens is 1. The minimum absolute atomic E-state index is 0.00573. The van der Waals surface area contributed by atoms with E-state index in [1.165, 1.54) is 0 Å². The Morgan fingerprint density at radius 3 is 2.64 bits per heavy atom. The molecule has 0 radical (unpaired) electrons. The normalized spacial score (nSPS) is 19.6. The number of anilines is 2. The first-order valence-electron chi connectivity index (χ1n) is 8.33. The molecule has 0 saturated carbocycles. The van der Waals surface area contributed by atoms with Gasteiger partial charge in [0.25, 0.3) is 5.91 Å². The van der Waals surface area contributed by atoms with Crippen LogP contribution in [0.5, 0.6) is 5.75 Å². The fourth-order valence-corrected chi connectivity index (χ4v) is 3.92. The third-order valence-corrected chi connectivity index (χ3v) is 5.18. The van der Waals surface area contributed by atoms with Crippen LogP contribution < -0.4 is 9.64 Å². The van der Waals surface area contributed by atoms with E-state index in [2.05, 4.69) is 11.9 Å². The summed E-state index contributed by atoms with van der Waals surface area (Å²) in [5.41, 5.74) is 4.57. The summed E-state index contributed by atoms with van der Waals surface area (Å²) >= 11 is 6.29. The molecule has 128 valence electrons. The molecule has 2 heterocycles. The molecule has 2 aliphatic rings. The standard InChI is InChI=1S/C20H19ClN2O2/c1-22-11-5-8-17(22)19-14-6-3-4-7-16(14)23(20(19)24)13-9-10-18(25-2)15(21)12-13/h3-4,6-7,9-10,12H,5,8,11H2,1-2H3/b19-17-. The number of likely N-dealkylation sites (tertiary alicyclic amines) is 1. The van der Waals surface area contributed by atoms with Gasteiger partial charge in [0.15, 0.2) is 0 Å². The first kappa shape index (κ1) is 16.0. The average molecular weight is 355 g/mol. The lowest BCUT2D eigenvalue weighted by atomic mass is 10.0. The Labute approximate surface area is 152 Å². The highest BCUT2D eigenvalue weighted by molar-refractivity contribution is 6.36. The van der Waals surface area contributed by atoms with Gasteiger partial charge in [0.1, 0.15) is 5.75 Å². The second-order valence-corrected chi connectivity index (χ2v) is 6.73. The van der Waals surface area contributed by atoms with E-state index in [4.69, 9.17) is 16.3 Å². The first-order chi connectivity index (χ1) is 12.1. The molecule has 0 aromatic heterocycles. The Balaban J connectivity index is 1.88. The van der Waals surface area contributed by atoms with Crippen molar-refractivity contribution in [3.8, 4) is 5.75 Å². The summed E-state index contributed by atoms with van der Waals surface area (Å²) in [6, 6.07) is 13.4. The van der Waals surface area contributed by atoms with Crippen molar-refractivity contribution in [2.75, 3.05) is 25.6 Å². The van der Waals surface area contributed by atoms with E-state index in [0.717, 1.165) is 47.6 Å². The number of ether oxygens (including phenoxy) is 1. The van der Waals surface area contributed by atoms with Gasteiger partial charge in [-0.1, -0.05) is 29.8 Å². The van der Waals surface area contributed by atoms with Crippen molar-refractivity contribution in [3.63, 3.8) is 0 Å². The first-order valence-corrected chi connectivity index (χ1v) is 8.71. The molecule has 4 nitrogen and oxygen atoms in total. The Kier molecular flexibility index (Phi) is 3.92. The number of nitrogens with zero attached hydrogens (tertiary/aromatic N) is 2. The van der Waals surface area contributed by atoms with E-state index in [-0.39, 0.29) is 5.91 Å². The maximum absolute atomic E-state index is 13.3. The highest BCUT2D eigenvalue weighted by Crippen LogP contribution is 2.45. The third-order valence-electron chi connectivity index (χ3n) is 4.88. The van der Waals surface area contributed by atoms with Crippen molar-refractivity contribution in [2.24, 2.45) is 0 Å².